The van der Waals surface area contributed by atoms with Crippen LogP contribution in [0.2, 0.25) is 0 Å². The number of hydrogen-bond acceptors (Lipinski definition) is 4. The smallest absolute Gasteiger partial charge is 0.352 e. The van der Waals surface area contributed by atoms with E-state index < -0.39 is 23.6 Å². The average molecular weight is 312 g/mol. The van der Waals surface area contributed by atoms with Crippen molar-refractivity contribution in [2.45, 2.75) is 5.92 Å². The number of anilines is 1. The first-order chi connectivity index (χ1) is 11.1. The number of hydrogen-bond donors (Lipinski definition) is 2. The van der Waals surface area contributed by atoms with Gasteiger partial charge in [-0.25, -0.2) is 9.18 Å². The zero-order chi connectivity index (χ0) is 16.4. The molecule has 1 atom stereocenters. The third-order valence-electron chi connectivity index (χ3n) is 3.64. The van der Waals surface area contributed by atoms with Crippen LogP contribution in [-0.2, 0) is 9.53 Å². The predicted octanol–water partition coefficient (Wildman–Crippen LogP) is 2.74. The summed E-state index contributed by atoms with van der Waals surface area (Å²) in [6.07, 6.45) is 0. The van der Waals surface area contributed by atoms with Crippen molar-refractivity contribution in [1.29, 1.82) is 5.41 Å². The summed E-state index contributed by atoms with van der Waals surface area (Å²) in [5.41, 5.74) is 1.32. The van der Waals surface area contributed by atoms with Crippen molar-refractivity contribution in [3.63, 3.8) is 0 Å². The van der Waals surface area contributed by atoms with E-state index in [1.165, 1.54) is 24.3 Å². The van der Waals surface area contributed by atoms with Crippen LogP contribution in [0.4, 0.5) is 10.1 Å². The van der Waals surface area contributed by atoms with Crippen molar-refractivity contribution >= 4 is 23.3 Å². The van der Waals surface area contributed by atoms with E-state index in [1.807, 2.05) is 0 Å². The molecular weight excluding hydrogens is 299 g/mol. The number of amides is 1. The van der Waals surface area contributed by atoms with E-state index in [2.05, 4.69) is 5.32 Å². The third kappa shape index (κ3) is 2.96. The molecule has 0 spiro atoms. The largest absolute Gasteiger partial charge is 0.460 e. The fraction of sp³-hybridized carbons (Fsp3) is 0.118. The highest BCUT2D eigenvalue weighted by molar-refractivity contribution is 6.39. The number of carbonyl (C=O) groups excluding carboxylic acids is 2. The van der Waals surface area contributed by atoms with E-state index in [9.17, 15) is 14.0 Å². The molecule has 23 heavy (non-hydrogen) atoms. The van der Waals surface area contributed by atoms with E-state index in [4.69, 9.17) is 10.1 Å². The first-order valence-corrected chi connectivity index (χ1v) is 6.97. The van der Waals surface area contributed by atoms with Gasteiger partial charge in [0.2, 0.25) is 0 Å². The fourth-order valence-corrected chi connectivity index (χ4v) is 2.42. The second kappa shape index (κ2) is 6.00. The highest BCUT2D eigenvalue weighted by Crippen LogP contribution is 2.29. The zero-order valence-corrected chi connectivity index (χ0v) is 12.0. The molecule has 116 valence electrons. The highest BCUT2D eigenvalue weighted by atomic mass is 19.1. The van der Waals surface area contributed by atoms with Crippen LogP contribution in [0.1, 0.15) is 21.8 Å². The molecule has 0 radical (unpaired) electrons. The first-order valence-electron chi connectivity index (χ1n) is 6.97. The number of nitrogens with one attached hydrogen (secondary N) is 2. The van der Waals surface area contributed by atoms with Crippen LogP contribution in [0.15, 0.2) is 48.5 Å². The normalized spacial score (nSPS) is 17.0. The van der Waals surface area contributed by atoms with Crippen molar-refractivity contribution in [2.24, 2.45) is 0 Å². The molecule has 1 aliphatic heterocycles. The quantitative estimate of drug-likeness (QED) is 0.855. The molecule has 0 unspecified atom stereocenters. The molecule has 1 heterocycles. The van der Waals surface area contributed by atoms with Gasteiger partial charge in [0, 0.05) is 11.3 Å². The summed E-state index contributed by atoms with van der Waals surface area (Å²) in [5.74, 6) is -1.96. The summed E-state index contributed by atoms with van der Waals surface area (Å²) >= 11 is 0. The van der Waals surface area contributed by atoms with Gasteiger partial charge in [-0.15, -0.1) is 0 Å². The number of carbonyl (C=O) groups is 2. The minimum absolute atomic E-state index is 0.0844. The Morgan fingerprint density at radius 2 is 1.87 bits per heavy atom. The Morgan fingerprint density at radius 3 is 2.52 bits per heavy atom. The van der Waals surface area contributed by atoms with E-state index in [1.54, 1.807) is 24.3 Å². The minimum Gasteiger partial charge on any atom is -0.460 e. The summed E-state index contributed by atoms with van der Waals surface area (Å²) in [6.45, 7) is 0.0844. The second-order valence-corrected chi connectivity index (χ2v) is 5.11. The molecule has 6 heteroatoms. The van der Waals surface area contributed by atoms with Crippen LogP contribution >= 0.6 is 0 Å². The van der Waals surface area contributed by atoms with Crippen LogP contribution in [0.25, 0.3) is 0 Å². The van der Waals surface area contributed by atoms with E-state index in [0.29, 0.717) is 16.8 Å². The van der Waals surface area contributed by atoms with E-state index in [0.717, 1.165) is 0 Å². The van der Waals surface area contributed by atoms with Gasteiger partial charge in [-0.1, -0.05) is 18.2 Å². The van der Waals surface area contributed by atoms with Crippen molar-refractivity contribution in [3.8, 4) is 0 Å². The van der Waals surface area contributed by atoms with Gasteiger partial charge in [0.05, 0.1) is 5.92 Å². The lowest BCUT2D eigenvalue weighted by Crippen LogP contribution is -2.17. The third-order valence-corrected chi connectivity index (χ3v) is 3.64. The molecule has 2 aromatic rings. The van der Waals surface area contributed by atoms with Crippen LogP contribution in [0.3, 0.4) is 0 Å². The number of ether oxygens (including phenoxy) is 1. The molecule has 2 N–H and O–H groups in total. The minimum atomic E-state index is -0.644. The number of rotatable bonds is 3. The standard InChI is InChI=1S/C17H13FN2O3/c18-11-7-5-10(6-8-11)16(21)20-14-4-2-1-3-12(14)13-9-23-17(22)15(13)19/h1-8,13,19H,9H2,(H,20,21)/t13-/m1/s1. The Labute approximate surface area is 131 Å². The summed E-state index contributed by atoms with van der Waals surface area (Å²) < 4.78 is 17.8. The topological polar surface area (TPSA) is 79.2 Å². The van der Waals surface area contributed by atoms with Gasteiger partial charge in [-0.2, -0.15) is 0 Å². The van der Waals surface area contributed by atoms with Gasteiger partial charge in [0.25, 0.3) is 5.91 Å². The monoisotopic (exact) mass is 312 g/mol. The van der Waals surface area contributed by atoms with Crippen molar-refractivity contribution < 1.29 is 18.7 Å². The molecular formula is C17H13FN2O3. The SMILES string of the molecule is N=C1C(=O)OC[C@@H]1c1ccccc1NC(=O)c1ccc(F)cc1. The summed E-state index contributed by atoms with van der Waals surface area (Å²) in [6, 6.07) is 12.1. The molecule has 5 nitrogen and oxygen atoms in total. The maximum atomic E-state index is 12.9. The number of esters is 1. The maximum Gasteiger partial charge on any atom is 0.352 e. The van der Waals surface area contributed by atoms with E-state index >= 15 is 0 Å². The molecule has 0 aromatic heterocycles. The van der Waals surface area contributed by atoms with Gasteiger partial charge in [-0.05, 0) is 35.9 Å². The lowest BCUT2D eigenvalue weighted by molar-refractivity contribution is -0.132. The number of halogens is 1. The highest BCUT2D eigenvalue weighted by Gasteiger charge is 2.33. The van der Waals surface area contributed by atoms with Gasteiger partial charge >= 0.3 is 5.97 Å². The molecule has 1 fully saturated rings. The molecule has 2 aromatic carbocycles. The molecule has 1 saturated heterocycles. The fourth-order valence-electron chi connectivity index (χ4n) is 2.42. The average Bonchev–Trinajstić information content (AvgIpc) is 2.88. The molecule has 0 saturated carbocycles. The molecule has 1 aliphatic rings. The first kappa shape index (κ1) is 14.9. The van der Waals surface area contributed by atoms with Crippen molar-refractivity contribution in [2.75, 3.05) is 11.9 Å². The van der Waals surface area contributed by atoms with Gasteiger partial charge in [0.15, 0.2) is 0 Å². The van der Waals surface area contributed by atoms with Gasteiger partial charge in [0.1, 0.15) is 18.1 Å². The Bertz CT molecular complexity index is 787. The summed E-state index contributed by atoms with van der Waals surface area (Å²) in [4.78, 5) is 23.6. The van der Waals surface area contributed by atoms with Crippen LogP contribution in [0, 0.1) is 11.2 Å². The lowest BCUT2D eigenvalue weighted by atomic mass is 9.95. The number of para-hydroxylation sites is 1. The molecule has 3 rings (SSSR count). The Morgan fingerprint density at radius 1 is 1.17 bits per heavy atom. The maximum absolute atomic E-state index is 12.9. The molecule has 1 amide bonds. The lowest BCUT2D eigenvalue weighted by Gasteiger charge is -2.14. The summed E-state index contributed by atoms with van der Waals surface area (Å²) in [5, 5.41) is 10.5. The Kier molecular flexibility index (Phi) is 3.89. The number of cyclic esters (lactones) is 1. The van der Waals surface area contributed by atoms with Crippen LogP contribution in [0.5, 0.6) is 0 Å². The van der Waals surface area contributed by atoms with Crippen LogP contribution < -0.4 is 5.32 Å². The number of benzene rings is 2. The molecule has 0 aliphatic carbocycles. The molecule has 0 bridgehead atoms. The van der Waals surface area contributed by atoms with Crippen molar-refractivity contribution in [1.82, 2.24) is 0 Å². The second-order valence-electron chi connectivity index (χ2n) is 5.11. The Hall–Kier alpha value is -3.02. The summed E-state index contributed by atoms with van der Waals surface area (Å²) in [7, 11) is 0. The van der Waals surface area contributed by atoms with Crippen molar-refractivity contribution in [3.05, 3.63) is 65.5 Å². The van der Waals surface area contributed by atoms with Crippen LogP contribution in [-0.4, -0.2) is 24.2 Å². The Balaban J connectivity index is 1.86. The van der Waals surface area contributed by atoms with Gasteiger partial charge in [-0.3, -0.25) is 10.2 Å². The van der Waals surface area contributed by atoms with E-state index in [-0.39, 0.29) is 12.3 Å². The predicted molar refractivity (Wildman–Crippen MR) is 82.2 cm³/mol. The van der Waals surface area contributed by atoms with Gasteiger partial charge < -0.3 is 10.1 Å². The zero-order valence-electron chi connectivity index (χ0n) is 12.0.